The van der Waals surface area contributed by atoms with Crippen LogP contribution in [-0.2, 0) is 19.2 Å². The minimum Gasteiger partial charge on any atom is -0.473 e. The van der Waals surface area contributed by atoms with Gasteiger partial charge in [-0.25, -0.2) is 4.39 Å². The fourth-order valence-corrected chi connectivity index (χ4v) is 4.50. The van der Waals surface area contributed by atoms with E-state index in [2.05, 4.69) is 5.32 Å². The number of carbonyl (C=O) groups excluding carboxylic acids is 4. The summed E-state index contributed by atoms with van der Waals surface area (Å²) in [7, 11) is 1.21. The van der Waals surface area contributed by atoms with Gasteiger partial charge in [-0.05, 0) is 31.4 Å². The van der Waals surface area contributed by atoms with Crippen LogP contribution in [0, 0.1) is 23.1 Å². The number of nitrogens with one attached hydrogen (secondary N) is 2. The highest BCUT2D eigenvalue weighted by molar-refractivity contribution is 6.02. The maximum absolute atomic E-state index is 13.7. The molecular formula is C24H27F4N5O5. The largest absolute Gasteiger partial charge is 0.473 e. The predicted octanol–water partition coefficient (Wildman–Crippen LogP) is 1.96. The number of amides is 4. The van der Waals surface area contributed by atoms with E-state index < -0.39 is 59.3 Å². The minimum atomic E-state index is -5.20. The van der Waals surface area contributed by atoms with Gasteiger partial charge < -0.3 is 25.2 Å². The maximum Gasteiger partial charge on any atom is 0.471 e. The number of alkyl halides is 3. The monoisotopic (exact) mass is 541 g/mol. The first kappa shape index (κ1) is 28.7. The van der Waals surface area contributed by atoms with Gasteiger partial charge in [-0.1, -0.05) is 13.8 Å². The summed E-state index contributed by atoms with van der Waals surface area (Å²) in [6.45, 7) is 4.22. The van der Waals surface area contributed by atoms with Crippen LogP contribution in [0.5, 0.6) is 5.75 Å². The smallest absolute Gasteiger partial charge is 0.471 e. The molecule has 0 unspecified atom stereocenters. The topological polar surface area (TPSA) is 132 Å². The summed E-state index contributed by atoms with van der Waals surface area (Å²) in [6.07, 6.45) is -5.32. The molecule has 206 valence electrons. The average Bonchev–Trinajstić information content (AvgIpc) is 3.21. The second-order valence-electron chi connectivity index (χ2n) is 9.79. The molecule has 14 heteroatoms. The zero-order chi connectivity index (χ0) is 28.6. The number of nitriles is 1. The van der Waals surface area contributed by atoms with Gasteiger partial charge in [0.25, 0.3) is 5.91 Å². The Bertz CT molecular complexity index is 1180. The van der Waals surface area contributed by atoms with E-state index in [1.807, 2.05) is 6.07 Å². The fourth-order valence-electron chi connectivity index (χ4n) is 4.50. The number of halogens is 4. The van der Waals surface area contributed by atoms with E-state index in [0.29, 0.717) is 0 Å². The molecule has 4 amide bonds. The summed E-state index contributed by atoms with van der Waals surface area (Å²) in [5, 5.41) is 13.9. The van der Waals surface area contributed by atoms with Crippen molar-refractivity contribution < 1.29 is 41.5 Å². The summed E-state index contributed by atoms with van der Waals surface area (Å²) >= 11 is 0. The lowest BCUT2D eigenvalue weighted by Crippen LogP contribution is -2.57. The van der Waals surface area contributed by atoms with Gasteiger partial charge >= 0.3 is 12.1 Å². The first-order valence-electron chi connectivity index (χ1n) is 11.7. The zero-order valence-electron chi connectivity index (χ0n) is 21.1. The summed E-state index contributed by atoms with van der Waals surface area (Å²) in [6, 6.07) is 1.52. The Morgan fingerprint density at radius 3 is 2.55 bits per heavy atom. The van der Waals surface area contributed by atoms with Crippen LogP contribution in [0.1, 0.15) is 33.6 Å². The molecule has 1 saturated heterocycles. The molecule has 1 spiro atoms. The molecule has 2 N–H and O–H groups in total. The number of benzene rings is 1. The van der Waals surface area contributed by atoms with Gasteiger partial charge in [-0.3, -0.25) is 19.2 Å². The molecular weight excluding hydrogens is 514 g/mol. The van der Waals surface area contributed by atoms with Crippen molar-refractivity contribution in [1.82, 2.24) is 15.1 Å². The van der Waals surface area contributed by atoms with Gasteiger partial charge in [0, 0.05) is 19.5 Å². The van der Waals surface area contributed by atoms with E-state index in [4.69, 9.17) is 4.74 Å². The molecule has 10 nitrogen and oxygen atoms in total. The molecule has 38 heavy (non-hydrogen) atoms. The molecule has 2 aliphatic heterocycles. The summed E-state index contributed by atoms with van der Waals surface area (Å²) in [4.78, 5) is 52.9. The van der Waals surface area contributed by atoms with Gasteiger partial charge in [0.2, 0.25) is 17.4 Å². The molecule has 1 aromatic rings. The maximum atomic E-state index is 13.7. The zero-order valence-corrected chi connectivity index (χ0v) is 21.1. The van der Waals surface area contributed by atoms with Crippen LogP contribution in [0.25, 0.3) is 0 Å². The number of likely N-dealkylation sites (tertiary alicyclic amines) is 1. The lowest BCUT2D eigenvalue weighted by molar-refractivity contribution is -0.175. The van der Waals surface area contributed by atoms with Crippen molar-refractivity contribution in [2.45, 2.75) is 63.5 Å². The van der Waals surface area contributed by atoms with Crippen LogP contribution in [0.2, 0.25) is 0 Å². The van der Waals surface area contributed by atoms with Crippen LogP contribution in [0.3, 0.4) is 0 Å². The summed E-state index contributed by atoms with van der Waals surface area (Å²) in [5.74, 6) is -5.26. The number of rotatable bonds is 6. The van der Waals surface area contributed by atoms with Gasteiger partial charge in [0.15, 0.2) is 0 Å². The van der Waals surface area contributed by atoms with Crippen LogP contribution in [0.4, 0.5) is 23.2 Å². The molecule has 0 aliphatic carbocycles. The number of hydrogen-bond acceptors (Lipinski definition) is 6. The second kappa shape index (κ2) is 10.5. The summed E-state index contributed by atoms with van der Waals surface area (Å²) in [5.41, 5.74) is -1.56. The molecule has 1 aromatic carbocycles. The van der Waals surface area contributed by atoms with Gasteiger partial charge in [0.1, 0.15) is 29.7 Å². The van der Waals surface area contributed by atoms with Crippen LogP contribution in [0.15, 0.2) is 18.2 Å². The molecule has 4 atom stereocenters. The van der Waals surface area contributed by atoms with E-state index in [1.54, 1.807) is 19.2 Å². The Balaban J connectivity index is 1.85. The van der Waals surface area contributed by atoms with Crippen molar-refractivity contribution >= 4 is 29.3 Å². The number of carbonyl (C=O) groups is 4. The van der Waals surface area contributed by atoms with Crippen molar-refractivity contribution in [3.8, 4) is 11.8 Å². The molecule has 2 heterocycles. The molecule has 0 radical (unpaired) electrons. The van der Waals surface area contributed by atoms with Crippen LogP contribution in [-0.4, -0.2) is 76.9 Å². The highest BCUT2D eigenvalue weighted by atomic mass is 19.4. The van der Waals surface area contributed by atoms with E-state index in [9.17, 15) is 42.0 Å². The number of nitrogens with zero attached hydrogens (tertiary/aromatic N) is 3. The Morgan fingerprint density at radius 1 is 1.32 bits per heavy atom. The Labute approximate surface area is 215 Å². The Hall–Kier alpha value is -3.89. The summed E-state index contributed by atoms with van der Waals surface area (Å²) < 4.78 is 57.4. The van der Waals surface area contributed by atoms with Crippen LogP contribution < -0.4 is 15.4 Å². The van der Waals surface area contributed by atoms with Crippen molar-refractivity contribution in [1.29, 1.82) is 5.26 Å². The van der Waals surface area contributed by atoms with E-state index in [1.165, 1.54) is 13.1 Å². The number of ether oxygens (including phenoxy) is 1. The number of hydrogen-bond donors (Lipinski definition) is 2. The van der Waals surface area contributed by atoms with Crippen molar-refractivity contribution in [2.24, 2.45) is 5.92 Å². The van der Waals surface area contributed by atoms with Crippen LogP contribution >= 0.6 is 0 Å². The van der Waals surface area contributed by atoms with Crippen molar-refractivity contribution in [2.75, 3.05) is 18.9 Å². The normalized spacial score (nSPS) is 22.2. The van der Waals surface area contributed by atoms with Crippen molar-refractivity contribution in [3.63, 3.8) is 0 Å². The van der Waals surface area contributed by atoms with E-state index in [-0.39, 0.29) is 36.7 Å². The lowest BCUT2D eigenvalue weighted by Gasteiger charge is -2.36. The Kier molecular flexibility index (Phi) is 7.90. The molecule has 0 bridgehead atoms. The van der Waals surface area contributed by atoms with E-state index >= 15 is 0 Å². The quantitative estimate of drug-likeness (QED) is 0.530. The van der Waals surface area contributed by atoms with E-state index in [0.717, 1.165) is 28.9 Å². The third kappa shape index (κ3) is 5.66. The number of anilines is 1. The average molecular weight is 542 g/mol. The van der Waals surface area contributed by atoms with Gasteiger partial charge in [-0.2, -0.15) is 18.4 Å². The predicted molar refractivity (Wildman–Crippen MR) is 124 cm³/mol. The lowest BCUT2D eigenvalue weighted by atomic mass is 9.97. The van der Waals surface area contributed by atoms with Crippen molar-refractivity contribution in [3.05, 3.63) is 24.0 Å². The third-order valence-electron chi connectivity index (χ3n) is 6.44. The molecule has 0 aromatic heterocycles. The third-order valence-corrected chi connectivity index (χ3v) is 6.44. The molecule has 0 saturated carbocycles. The second-order valence-corrected chi connectivity index (χ2v) is 9.79. The number of fused-ring (bicyclic) bond motifs is 1. The number of likely N-dealkylation sites (N-methyl/N-ethyl adjacent to an activating group) is 1. The SMILES string of the molecule is CC(C)C[C@H](C(=O)N1C[C@@]2(C[C@H]1C#N)Oc1ccc(F)cc1NC2=O)N(C)C(=O)[C@H](C)NC(=O)C(F)(F)F. The standard InChI is InChI=1S/C24H27F4N5O5/c1-12(2)7-17(32(4)19(34)13(3)30-22(37)24(26,27)28)20(35)33-11-23(9-15(33)10-29)21(36)31-16-8-14(25)5-6-18(16)38-23/h5-6,8,12-13,15,17H,7,9,11H2,1-4H3,(H,30,37)(H,31,36)/t13-,15-,17+,23+/m0/s1. The Morgan fingerprint density at radius 2 is 1.97 bits per heavy atom. The van der Waals surface area contributed by atoms with Gasteiger partial charge in [-0.15, -0.1) is 0 Å². The van der Waals surface area contributed by atoms with Gasteiger partial charge in [0.05, 0.1) is 18.3 Å². The highest BCUT2D eigenvalue weighted by Crippen LogP contribution is 2.40. The minimum absolute atomic E-state index is 0.0812. The molecule has 3 rings (SSSR count). The molecule has 1 fully saturated rings. The highest BCUT2D eigenvalue weighted by Gasteiger charge is 2.56. The fraction of sp³-hybridized carbons (Fsp3) is 0.542. The first-order valence-corrected chi connectivity index (χ1v) is 11.7. The molecule has 2 aliphatic rings. The first-order chi connectivity index (χ1) is 17.6.